The normalized spacial score (nSPS) is 15.0. The van der Waals surface area contributed by atoms with Gasteiger partial charge in [-0.3, -0.25) is 9.59 Å². The molecule has 5 heterocycles. The Labute approximate surface area is 263 Å². The molecule has 0 amide bonds. The number of carbonyl (C=O) groups excluding carboxylic acids is 1. The second-order valence-corrected chi connectivity index (χ2v) is 12.6. The van der Waals surface area contributed by atoms with Crippen LogP contribution in [0.4, 0.5) is 0 Å². The maximum Gasteiger partial charge on any atom is 0.303 e. The number of carbonyl (C=O) groups is 2. The van der Waals surface area contributed by atoms with Gasteiger partial charge in [-0.05, 0) is 106 Å². The second-order valence-electron chi connectivity index (χ2n) is 12.6. The molecule has 0 aromatic carbocycles. The number of carboxylic acid groups (broad SMARTS) is 1. The number of ketones is 1. The number of carboxylic acids is 1. The third kappa shape index (κ3) is 5.35. The number of unbranched alkanes of at least 4 members (excludes halogenated alkanes) is 2. The van der Waals surface area contributed by atoms with Crippen LogP contribution in [-0.2, 0) is 16.0 Å². The molecule has 6 rings (SSSR count). The van der Waals surface area contributed by atoms with Crippen molar-refractivity contribution in [2.45, 2.75) is 93.1 Å². The number of nitrogens with zero attached hydrogens (tertiary/aromatic N) is 2. The number of ether oxygens (including phenoxy) is 1. The van der Waals surface area contributed by atoms with Gasteiger partial charge in [0.05, 0.1) is 34.4 Å². The van der Waals surface area contributed by atoms with E-state index >= 15 is 0 Å². The summed E-state index contributed by atoms with van der Waals surface area (Å²) in [5.74, 6) is -0.819. The summed E-state index contributed by atoms with van der Waals surface area (Å²) in [6.45, 7) is 15.2. The van der Waals surface area contributed by atoms with Crippen molar-refractivity contribution in [2.24, 2.45) is 0 Å². The third-order valence-corrected chi connectivity index (χ3v) is 9.74. The first kappa shape index (κ1) is 30.7. The highest BCUT2D eigenvalue weighted by Crippen LogP contribution is 2.41. The van der Waals surface area contributed by atoms with Gasteiger partial charge in [-0.25, -0.2) is 9.97 Å². The summed E-state index contributed by atoms with van der Waals surface area (Å²) in [4.78, 5) is 42.5. The average Bonchev–Trinajstić information content (AvgIpc) is 3.74. The molecule has 0 fully saturated rings. The fraction of sp³-hybridized carbons (Fsp3) is 0.405. The molecule has 234 valence electrons. The molecule has 3 aromatic heterocycles. The number of hydrogen-bond acceptors (Lipinski definition) is 5. The van der Waals surface area contributed by atoms with E-state index in [0.717, 1.165) is 103 Å². The van der Waals surface area contributed by atoms with Gasteiger partial charge in [0.25, 0.3) is 0 Å². The molecule has 0 radical (unpaired) electrons. The summed E-state index contributed by atoms with van der Waals surface area (Å²) in [7, 11) is 0. The summed E-state index contributed by atoms with van der Waals surface area (Å²) >= 11 is 0. The lowest BCUT2D eigenvalue weighted by molar-refractivity contribution is -0.136. The van der Waals surface area contributed by atoms with Crippen LogP contribution in [0.5, 0.6) is 0 Å². The molecular formula is C37H42N4O4. The van der Waals surface area contributed by atoms with Gasteiger partial charge >= 0.3 is 5.97 Å². The number of hydrogen-bond donors (Lipinski definition) is 3. The zero-order valence-corrected chi connectivity index (χ0v) is 27.3. The number of Topliss-reactive ketones (excluding diaryl/α,β-unsaturated/α-hetero) is 1. The number of nitrogens with one attached hydrogen (secondary N) is 2. The highest BCUT2D eigenvalue weighted by atomic mass is 16.5. The van der Waals surface area contributed by atoms with Crippen molar-refractivity contribution in [1.82, 2.24) is 19.9 Å². The number of aryl methyl sites for hydroxylation is 2. The predicted octanol–water partition coefficient (Wildman–Crippen LogP) is 8.68. The summed E-state index contributed by atoms with van der Waals surface area (Å²) in [6.07, 6.45) is 3.70. The first-order chi connectivity index (χ1) is 21.5. The molecule has 2 aliphatic heterocycles. The molecule has 1 atom stereocenters. The molecular weight excluding hydrogens is 564 g/mol. The number of allylic oxidation sites excluding steroid dienone is 4. The Bertz CT molecular complexity index is 1990. The van der Waals surface area contributed by atoms with E-state index in [0.29, 0.717) is 24.3 Å². The number of aromatic nitrogens is 4. The van der Waals surface area contributed by atoms with Crippen LogP contribution in [0.1, 0.15) is 128 Å². The number of H-pyrrole nitrogens is 2. The van der Waals surface area contributed by atoms with Crippen molar-refractivity contribution < 1.29 is 19.4 Å². The molecule has 8 nitrogen and oxygen atoms in total. The lowest BCUT2D eigenvalue weighted by Gasteiger charge is -2.14. The standard InChI is InChI=1S/C37H42N4O4/c1-8-9-10-13-45-23(7)34-21(5)29-16-28-20(4)24(11-12-33(43)44)36(40-28)25-14-32(42)35-22(6)30(41-37(25)35)15-26-18(2)19(3)27(38-26)17-31(34)39-29/h15-17,23,39,41H,8-14H2,1-7H3,(H,43,44). The lowest BCUT2D eigenvalue weighted by Crippen LogP contribution is -2.02. The minimum atomic E-state index is -0.865. The molecule has 45 heavy (non-hydrogen) atoms. The van der Waals surface area contributed by atoms with Crippen molar-refractivity contribution in [2.75, 3.05) is 6.61 Å². The van der Waals surface area contributed by atoms with Crippen LogP contribution < -0.4 is 0 Å². The van der Waals surface area contributed by atoms with Crippen molar-refractivity contribution in [3.63, 3.8) is 0 Å². The van der Waals surface area contributed by atoms with Gasteiger partial charge in [-0.2, -0.15) is 0 Å². The SMILES string of the molecule is CCCCCOC(C)c1c(C)c2cc3nc(c4c5[nH]c(cc6nc(cc1[nH]2)C(C)=C6C)c(C)c5C(=O)C4)C(CCC(=O)O)=C3C. The van der Waals surface area contributed by atoms with Crippen LogP contribution in [0.2, 0.25) is 0 Å². The van der Waals surface area contributed by atoms with E-state index in [1.807, 2.05) is 26.0 Å². The summed E-state index contributed by atoms with van der Waals surface area (Å²) in [5, 5.41) is 9.56. The van der Waals surface area contributed by atoms with E-state index in [1.165, 1.54) is 0 Å². The number of aromatic amines is 2. The zero-order valence-electron chi connectivity index (χ0n) is 27.3. The van der Waals surface area contributed by atoms with Crippen molar-refractivity contribution in [3.8, 4) is 0 Å². The molecule has 8 bridgehead atoms. The van der Waals surface area contributed by atoms with Gasteiger partial charge in [-0.15, -0.1) is 0 Å². The molecule has 1 unspecified atom stereocenters. The minimum absolute atomic E-state index is 0.0170. The lowest BCUT2D eigenvalue weighted by atomic mass is 9.98. The zero-order chi connectivity index (χ0) is 32.2. The number of fused-ring (bicyclic) bond motifs is 8. The Morgan fingerprint density at radius 1 is 0.911 bits per heavy atom. The van der Waals surface area contributed by atoms with Gasteiger partial charge < -0.3 is 19.8 Å². The van der Waals surface area contributed by atoms with Crippen LogP contribution in [0.25, 0.3) is 44.4 Å². The van der Waals surface area contributed by atoms with E-state index in [4.69, 9.17) is 14.7 Å². The Hall–Kier alpha value is -4.30. The first-order valence-electron chi connectivity index (χ1n) is 16.0. The van der Waals surface area contributed by atoms with Crippen LogP contribution in [-0.4, -0.2) is 43.4 Å². The summed E-state index contributed by atoms with van der Waals surface area (Å²) in [5.41, 5.74) is 15.3. The van der Waals surface area contributed by atoms with Gasteiger partial charge in [0.1, 0.15) is 0 Å². The van der Waals surface area contributed by atoms with Crippen molar-refractivity contribution >= 4 is 56.1 Å². The molecule has 3 N–H and O–H groups in total. The largest absolute Gasteiger partial charge is 0.481 e. The van der Waals surface area contributed by atoms with Crippen LogP contribution in [0, 0.1) is 13.8 Å². The fourth-order valence-corrected chi connectivity index (χ4v) is 6.91. The molecule has 0 saturated heterocycles. The highest BCUT2D eigenvalue weighted by molar-refractivity contribution is 6.14. The molecule has 0 spiro atoms. The van der Waals surface area contributed by atoms with E-state index in [9.17, 15) is 14.7 Å². The van der Waals surface area contributed by atoms with E-state index in [1.54, 1.807) is 0 Å². The summed E-state index contributed by atoms with van der Waals surface area (Å²) < 4.78 is 6.36. The molecule has 1 aliphatic carbocycles. The summed E-state index contributed by atoms with van der Waals surface area (Å²) in [6, 6.07) is 6.20. The molecule has 3 aromatic rings. The van der Waals surface area contributed by atoms with Crippen LogP contribution in [0.3, 0.4) is 0 Å². The van der Waals surface area contributed by atoms with Gasteiger partial charge in [0.2, 0.25) is 0 Å². The van der Waals surface area contributed by atoms with Gasteiger partial charge in [-0.1, -0.05) is 19.8 Å². The van der Waals surface area contributed by atoms with Gasteiger partial charge in [0.15, 0.2) is 5.78 Å². The fourth-order valence-electron chi connectivity index (χ4n) is 6.91. The van der Waals surface area contributed by atoms with Crippen molar-refractivity contribution in [1.29, 1.82) is 0 Å². The van der Waals surface area contributed by atoms with Gasteiger partial charge in [0, 0.05) is 52.7 Å². The molecule has 8 heteroatoms. The third-order valence-electron chi connectivity index (χ3n) is 9.74. The first-order valence-corrected chi connectivity index (χ1v) is 16.0. The quantitative estimate of drug-likeness (QED) is 0.210. The van der Waals surface area contributed by atoms with E-state index in [2.05, 4.69) is 50.7 Å². The van der Waals surface area contributed by atoms with E-state index < -0.39 is 5.97 Å². The topological polar surface area (TPSA) is 121 Å². The maximum atomic E-state index is 13.4. The molecule has 0 saturated carbocycles. The maximum absolute atomic E-state index is 13.4. The smallest absolute Gasteiger partial charge is 0.303 e. The predicted molar refractivity (Wildman–Crippen MR) is 180 cm³/mol. The van der Waals surface area contributed by atoms with Crippen molar-refractivity contribution in [3.05, 3.63) is 68.8 Å². The number of rotatable bonds is 9. The highest BCUT2D eigenvalue weighted by Gasteiger charge is 2.31. The second kappa shape index (κ2) is 11.9. The van der Waals surface area contributed by atoms with Crippen LogP contribution >= 0.6 is 0 Å². The molecule has 3 aliphatic rings. The Morgan fingerprint density at radius 3 is 2.22 bits per heavy atom. The Kier molecular flexibility index (Phi) is 8.12. The van der Waals surface area contributed by atoms with E-state index in [-0.39, 0.29) is 24.7 Å². The monoisotopic (exact) mass is 606 g/mol. The van der Waals surface area contributed by atoms with Crippen LogP contribution in [0.15, 0.2) is 18.2 Å². The Morgan fingerprint density at radius 2 is 1.56 bits per heavy atom. The number of aliphatic carboxylic acids is 1. The Balaban J connectivity index is 1.69. The average molecular weight is 607 g/mol. The minimum Gasteiger partial charge on any atom is -0.481 e.